The average molecular weight is 401 g/mol. The molecule has 7 nitrogen and oxygen atoms in total. The quantitative estimate of drug-likeness (QED) is 0.545. The minimum absolute atomic E-state index is 0.643. The molecule has 1 atom stereocenters. The van der Waals surface area contributed by atoms with E-state index in [1.54, 1.807) is 0 Å². The van der Waals surface area contributed by atoms with E-state index < -0.39 is 12.0 Å². The first-order valence-corrected chi connectivity index (χ1v) is 10.1. The molecule has 1 aliphatic heterocycles. The fraction of sp³-hybridized carbons (Fsp3) is 0.261. The molecule has 0 spiro atoms. The lowest BCUT2D eigenvalue weighted by Crippen LogP contribution is -2.49. The van der Waals surface area contributed by atoms with Crippen molar-refractivity contribution in [3.05, 3.63) is 66.0 Å². The molecular formula is C23H23N5O2. The van der Waals surface area contributed by atoms with Gasteiger partial charge in [-0.3, -0.25) is 9.69 Å². The Kier molecular flexibility index (Phi) is 4.59. The molecule has 0 aliphatic carbocycles. The Bertz CT molecular complexity index is 1230. The maximum Gasteiger partial charge on any atom is 0.325 e. The summed E-state index contributed by atoms with van der Waals surface area (Å²) in [4.78, 5) is 29.2. The van der Waals surface area contributed by atoms with E-state index in [1.165, 1.54) is 0 Å². The van der Waals surface area contributed by atoms with E-state index in [0.29, 0.717) is 26.2 Å². The van der Waals surface area contributed by atoms with E-state index in [2.05, 4.69) is 9.88 Å². The molecule has 30 heavy (non-hydrogen) atoms. The summed E-state index contributed by atoms with van der Waals surface area (Å²) in [5.41, 5.74) is 4.44. The minimum atomic E-state index is -0.824. The number of fused-ring (bicyclic) bond motifs is 2. The van der Waals surface area contributed by atoms with Gasteiger partial charge >= 0.3 is 5.97 Å². The Morgan fingerprint density at radius 1 is 1.00 bits per heavy atom. The largest absolute Gasteiger partial charge is 0.480 e. The van der Waals surface area contributed by atoms with E-state index in [4.69, 9.17) is 9.97 Å². The molecule has 5 rings (SSSR count). The number of aliphatic carboxylic acids is 1. The monoisotopic (exact) mass is 401 g/mol. The maximum absolute atomic E-state index is 12.2. The van der Waals surface area contributed by atoms with Gasteiger partial charge in [0.2, 0.25) is 0 Å². The Morgan fingerprint density at radius 3 is 2.40 bits per heavy atom. The molecule has 0 saturated carbocycles. The summed E-state index contributed by atoms with van der Waals surface area (Å²) >= 11 is 0. The van der Waals surface area contributed by atoms with Crippen LogP contribution >= 0.6 is 0 Å². The Balaban J connectivity index is 1.39. The number of anilines is 1. The van der Waals surface area contributed by atoms with Crippen LogP contribution < -0.4 is 4.90 Å². The molecule has 4 aromatic rings. The summed E-state index contributed by atoms with van der Waals surface area (Å²) in [5, 5.41) is 11.0. The van der Waals surface area contributed by atoms with Gasteiger partial charge in [-0.25, -0.2) is 9.97 Å². The van der Waals surface area contributed by atoms with Crippen LogP contribution in [-0.4, -0.2) is 57.1 Å². The predicted octanol–water partition coefficient (Wildman–Crippen LogP) is 3.37. The Morgan fingerprint density at radius 2 is 1.67 bits per heavy atom. The second kappa shape index (κ2) is 7.42. The van der Waals surface area contributed by atoms with E-state index >= 15 is 0 Å². The zero-order valence-electron chi connectivity index (χ0n) is 16.7. The smallest absolute Gasteiger partial charge is 0.325 e. The third-order valence-corrected chi connectivity index (χ3v) is 5.85. The van der Waals surface area contributed by atoms with Gasteiger partial charge in [0.05, 0.1) is 16.7 Å². The number of hydrogen-bond donors (Lipinski definition) is 2. The number of hydrogen-bond acceptors (Lipinski definition) is 5. The predicted molar refractivity (Wildman–Crippen MR) is 117 cm³/mol. The topological polar surface area (TPSA) is 85.3 Å². The van der Waals surface area contributed by atoms with Crippen LogP contribution in [0.3, 0.4) is 0 Å². The lowest BCUT2D eigenvalue weighted by atomic mass is 10.0. The van der Waals surface area contributed by atoms with Crippen LogP contribution in [0.15, 0.2) is 54.7 Å². The first-order valence-electron chi connectivity index (χ1n) is 10.1. The Hall–Kier alpha value is -3.45. The standard InChI is InChI=1S/C23H23N5O2/c1-15-22(26-20-9-5-4-8-19(20)25-15)28-12-10-27(11-13-28)21(23(29)30)17-14-24-18-7-3-2-6-16(17)18/h2-9,14,21,24H,10-13H2,1H3,(H,29,30)/t21-/m0/s1. The molecule has 3 heterocycles. The number of carbonyl (C=O) groups is 1. The fourth-order valence-electron chi connectivity index (χ4n) is 4.38. The molecule has 1 fully saturated rings. The minimum Gasteiger partial charge on any atom is -0.480 e. The van der Waals surface area contributed by atoms with E-state index in [1.807, 2.05) is 66.6 Å². The summed E-state index contributed by atoms with van der Waals surface area (Å²) < 4.78 is 0. The highest BCUT2D eigenvalue weighted by molar-refractivity contribution is 5.89. The Labute approximate surface area is 174 Å². The van der Waals surface area contributed by atoms with Crippen LogP contribution in [0.2, 0.25) is 0 Å². The van der Waals surface area contributed by atoms with E-state index in [9.17, 15) is 9.90 Å². The van der Waals surface area contributed by atoms with E-state index in [0.717, 1.165) is 39.0 Å². The summed E-state index contributed by atoms with van der Waals surface area (Å²) in [6, 6.07) is 15.0. The van der Waals surface area contributed by atoms with Crippen molar-refractivity contribution in [1.82, 2.24) is 19.9 Å². The first kappa shape index (κ1) is 18.6. The van der Waals surface area contributed by atoms with E-state index in [-0.39, 0.29) is 0 Å². The molecule has 0 radical (unpaired) electrons. The lowest BCUT2D eigenvalue weighted by molar-refractivity contribution is -0.143. The van der Waals surface area contributed by atoms with Crippen molar-refractivity contribution in [2.24, 2.45) is 0 Å². The van der Waals surface area contributed by atoms with Crippen LogP contribution in [0.1, 0.15) is 17.3 Å². The molecule has 0 amide bonds. The van der Waals surface area contributed by atoms with Gasteiger partial charge in [0.15, 0.2) is 5.82 Å². The van der Waals surface area contributed by atoms with Gasteiger partial charge in [-0.05, 0) is 25.1 Å². The summed E-state index contributed by atoms with van der Waals surface area (Å²) in [5.74, 6) is 0.0576. The van der Waals surface area contributed by atoms with Crippen LogP contribution in [0, 0.1) is 6.92 Å². The van der Waals surface area contributed by atoms with Crippen molar-refractivity contribution in [2.45, 2.75) is 13.0 Å². The first-order chi connectivity index (χ1) is 14.6. The molecule has 7 heteroatoms. The van der Waals surface area contributed by atoms with Crippen LogP contribution in [0.5, 0.6) is 0 Å². The molecule has 2 aromatic heterocycles. The van der Waals surface area contributed by atoms with Crippen molar-refractivity contribution in [3.8, 4) is 0 Å². The zero-order chi connectivity index (χ0) is 20.7. The third kappa shape index (κ3) is 3.17. The average Bonchev–Trinajstić information content (AvgIpc) is 3.18. The highest BCUT2D eigenvalue weighted by atomic mass is 16.4. The van der Waals surface area contributed by atoms with Gasteiger partial charge in [-0.2, -0.15) is 0 Å². The van der Waals surface area contributed by atoms with Crippen molar-refractivity contribution in [1.29, 1.82) is 0 Å². The summed E-state index contributed by atoms with van der Waals surface area (Å²) in [7, 11) is 0. The number of piperazine rings is 1. The maximum atomic E-state index is 12.2. The fourth-order valence-corrected chi connectivity index (χ4v) is 4.38. The highest BCUT2D eigenvalue weighted by Crippen LogP contribution is 2.30. The molecule has 2 aromatic carbocycles. The number of aromatic nitrogens is 3. The van der Waals surface area contributed by atoms with Gasteiger partial charge in [-0.1, -0.05) is 30.3 Å². The number of aryl methyl sites for hydroxylation is 1. The second-order valence-corrected chi connectivity index (χ2v) is 7.67. The number of aromatic amines is 1. The molecule has 152 valence electrons. The number of rotatable bonds is 4. The number of nitrogens with one attached hydrogen (secondary N) is 1. The van der Waals surface area contributed by atoms with Gasteiger partial charge in [-0.15, -0.1) is 0 Å². The number of H-pyrrole nitrogens is 1. The van der Waals surface area contributed by atoms with Gasteiger partial charge in [0.25, 0.3) is 0 Å². The normalized spacial score (nSPS) is 16.2. The van der Waals surface area contributed by atoms with Gasteiger partial charge < -0.3 is 15.0 Å². The summed E-state index contributed by atoms with van der Waals surface area (Å²) in [6.07, 6.45) is 1.83. The molecule has 1 aliphatic rings. The SMILES string of the molecule is Cc1nc2ccccc2nc1N1CCN([C@H](C(=O)O)c2c[nH]c3ccccc23)CC1. The number of nitrogens with zero attached hydrogens (tertiary/aromatic N) is 4. The van der Waals surface area contributed by atoms with Crippen molar-refractivity contribution < 1.29 is 9.90 Å². The van der Waals surface area contributed by atoms with Crippen molar-refractivity contribution in [3.63, 3.8) is 0 Å². The van der Waals surface area contributed by atoms with Crippen LogP contribution in [0.4, 0.5) is 5.82 Å². The van der Waals surface area contributed by atoms with Crippen LogP contribution in [0.25, 0.3) is 21.9 Å². The zero-order valence-corrected chi connectivity index (χ0v) is 16.7. The number of benzene rings is 2. The van der Waals surface area contributed by atoms with Gasteiger partial charge in [0.1, 0.15) is 6.04 Å². The molecule has 0 bridgehead atoms. The summed E-state index contributed by atoms with van der Waals surface area (Å²) in [6.45, 7) is 4.68. The highest BCUT2D eigenvalue weighted by Gasteiger charge is 2.32. The number of para-hydroxylation sites is 3. The second-order valence-electron chi connectivity index (χ2n) is 7.67. The van der Waals surface area contributed by atoms with Crippen molar-refractivity contribution in [2.75, 3.05) is 31.1 Å². The number of carboxylic acids is 1. The van der Waals surface area contributed by atoms with Crippen molar-refractivity contribution >= 4 is 33.7 Å². The molecule has 0 unspecified atom stereocenters. The molecule has 1 saturated heterocycles. The third-order valence-electron chi connectivity index (χ3n) is 5.85. The van der Waals surface area contributed by atoms with Gasteiger partial charge in [0, 0.05) is 48.8 Å². The number of carboxylic acid groups (broad SMARTS) is 1. The lowest BCUT2D eigenvalue weighted by Gasteiger charge is -2.38. The molecule has 2 N–H and O–H groups in total. The molecular weight excluding hydrogens is 378 g/mol. The van der Waals surface area contributed by atoms with Crippen LogP contribution in [-0.2, 0) is 4.79 Å².